The van der Waals surface area contributed by atoms with Gasteiger partial charge in [-0.25, -0.2) is 0 Å². The minimum Gasteiger partial charge on any atom is -0.397 e. The fraction of sp³-hybridized carbons (Fsp3) is 0.462. The number of rotatable bonds is 6. The second kappa shape index (κ2) is 6.62. The van der Waals surface area contributed by atoms with Gasteiger partial charge in [-0.15, -0.1) is 16.4 Å². The van der Waals surface area contributed by atoms with Crippen LogP contribution in [0.25, 0.3) is 10.2 Å². The first kappa shape index (κ1) is 14.7. The van der Waals surface area contributed by atoms with Crippen molar-refractivity contribution in [3.05, 3.63) is 17.1 Å². The van der Waals surface area contributed by atoms with Crippen molar-refractivity contribution in [2.45, 2.75) is 13.8 Å². The molecule has 0 atom stereocenters. The van der Waals surface area contributed by atoms with E-state index in [2.05, 4.69) is 10.2 Å². The number of anilines is 1. The maximum absolute atomic E-state index is 12.5. The van der Waals surface area contributed by atoms with E-state index in [1.165, 1.54) is 11.3 Å². The Morgan fingerprint density at radius 3 is 2.95 bits per heavy atom. The molecule has 0 aliphatic carbocycles. The number of nitrogen functional groups attached to an aromatic ring is 1. The Hall–Kier alpha value is -1.73. The summed E-state index contributed by atoms with van der Waals surface area (Å²) in [5.41, 5.74) is 6.54. The van der Waals surface area contributed by atoms with E-state index in [0.717, 1.165) is 5.39 Å². The van der Waals surface area contributed by atoms with Gasteiger partial charge in [0, 0.05) is 25.1 Å². The van der Waals surface area contributed by atoms with E-state index in [1.807, 2.05) is 13.8 Å². The predicted octanol–water partition coefficient (Wildman–Crippen LogP) is 1.77. The van der Waals surface area contributed by atoms with E-state index in [1.54, 1.807) is 17.2 Å². The molecule has 2 rings (SSSR count). The molecule has 6 nitrogen and oxygen atoms in total. The number of nitrogens with two attached hydrogens (primary N) is 1. The third-order valence-corrected chi connectivity index (χ3v) is 4.09. The Morgan fingerprint density at radius 2 is 2.30 bits per heavy atom. The number of amides is 1. The van der Waals surface area contributed by atoms with Gasteiger partial charge < -0.3 is 15.4 Å². The van der Waals surface area contributed by atoms with Crippen molar-refractivity contribution in [3.63, 3.8) is 0 Å². The number of hydrogen-bond donors (Lipinski definition) is 1. The van der Waals surface area contributed by atoms with Crippen molar-refractivity contribution < 1.29 is 9.53 Å². The van der Waals surface area contributed by atoms with Gasteiger partial charge in [0.15, 0.2) is 0 Å². The zero-order chi connectivity index (χ0) is 14.5. The number of fused-ring (bicyclic) bond motifs is 1. The second-order valence-corrected chi connectivity index (χ2v) is 5.18. The van der Waals surface area contributed by atoms with Gasteiger partial charge in [-0.3, -0.25) is 4.79 Å². The summed E-state index contributed by atoms with van der Waals surface area (Å²) in [7, 11) is 0. The number of ether oxygens (including phenoxy) is 1. The zero-order valence-corrected chi connectivity index (χ0v) is 12.4. The smallest absolute Gasteiger partial charge is 0.266 e. The average Bonchev–Trinajstić information content (AvgIpc) is 2.81. The minimum atomic E-state index is -0.0762. The molecule has 20 heavy (non-hydrogen) atoms. The Bertz CT molecular complexity index is 599. The molecule has 0 spiro atoms. The lowest BCUT2D eigenvalue weighted by atomic mass is 10.2. The lowest BCUT2D eigenvalue weighted by molar-refractivity contribution is 0.0674. The highest BCUT2D eigenvalue weighted by molar-refractivity contribution is 7.21. The molecule has 0 aromatic carbocycles. The van der Waals surface area contributed by atoms with E-state index < -0.39 is 0 Å². The van der Waals surface area contributed by atoms with Crippen molar-refractivity contribution >= 4 is 33.1 Å². The Balaban J connectivity index is 2.23. The van der Waals surface area contributed by atoms with E-state index in [-0.39, 0.29) is 5.91 Å². The maximum atomic E-state index is 12.5. The van der Waals surface area contributed by atoms with E-state index in [9.17, 15) is 4.79 Å². The summed E-state index contributed by atoms with van der Waals surface area (Å²) < 4.78 is 5.30. The topological polar surface area (TPSA) is 81.3 Å². The zero-order valence-electron chi connectivity index (χ0n) is 11.6. The highest BCUT2D eigenvalue weighted by Gasteiger charge is 2.21. The largest absolute Gasteiger partial charge is 0.397 e. The van der Waals surface area contributed by atoms with Crippen molar-refractivity contribution in [1.82, 2.24) is 15.1 Å². The Labute approximate surface area is 121 Å². The highest BCUT2D eigenvalue weighted by Crippen LogP contribution is 2.32. The summed E-state index contributed by atoms with van der Waals surface area (Å²) in [6, 6.07) is 1.78. The normalized spacial score (nSPS) is 10.9. The number of carbonyl (C=O) groups is 1. The van der Waals surface area contributed by atoms with Gasteiger partial charge in [-0.1, -0.05) is 0 Å². The van der Waals surface area contributed by atoms with Crippen LogP contribution in [0.5, 0.6) is 0 Å². The van der Waals surface area contributed by atoms with Crippen LogP contribution in [0.3, 0.4) is 0 Å². The van der Waals surface area contributed by atoms with Crippen LogP contribution in [0, 0.1) is 0 Å². The molecule has 2 aromatic rings. The van der Waals surface area contributed by atoms with Gasteiger partial charge in [-0.2, -0.15) is 5.10 Å². The molecule has 108 valence electrons. The van der Waals surface area contributed by atoms with Crippen LogP contribution >= 0.6 is 11.3 Å². The van der Waals surface area contributed by atoms with Crippen molar-refractivity contribution in [2.24, 2.45) is 0 Å². The molecule has 0 saturated heterocycles. The third-order valence-electron chi connectivity index (χ3n) is 2.99. The third kappa shape index (κ3) is 2.88. The molecule has 7 heteroatoms. The second-order valence-electron chi connectivity index (χ2n) is 4.18. The van der Waals surface area contributed by atoms with Crippen LogP contribution < -0.4 is 5.73 Å². The van der Waals surface area contributed by atoms with Gasteiger partial charge in [0.05, 0.1) is 18.5 Å². The molecular weight excluding hydrogens is 276 g/mol. The molecule has 2 N–H and O–H groups in total. The van der Waals surface area contributed by atoms with Gasteiger partial charge in [0.1, 0.15) is 9.71 Å². The fourth-order valence-corrected chi connectivity index (χ4v) is 2.90. The van der Waals surface area contributed by atoms with Crippen LogP contribution in [-0.4, -0.2) is 47.3 Å². The van der Waals surface area contributed by atoms with Crippen LogP contribution in [0.4, 0.5) is 5.69 Å². The molecule has 0 bridgehead atoms. The van der Waals surface area contributed by atoms with Crippen molar-refractivity contribution in [2.75, 3.05) is 32.0 Å². The summed E-state index contributed by atoms with van der Waals surface area (Å²) >= 11 is 1.28. The number of carbonyl (C=O) groups excluding carboxylic acids is 1. The van der Waals surface area contributed by atoms with Crippen LogP contribution in [-0.2, 0) is 4.74 Å². The van der Waals surface area contributed by atoms with Crippen LogP contribution in [0.1, 0.15) is 23.5 Å². The molecule has 0 aliphatic heterocycles. The highest BCUT2D eigenvalue weighted by atomic mass is 32.1. The summed E-state index contributed by atoms with van der Waals surface area (Å²) in [6.07, 6.45) is 1.58. The predicted molar refractivity (Wildman–Crippen MR) is 79.9 cm³/mol. The number of hydrogen-bond acceptors (Lipinski definition) is 6. The fourth-order valence-electron chi connectivity index (χ4n) is 1.90. The van der Waals surface area contributed by atoms with Crippen LogP contribution in [0.2, 0.25) is 0 Å². The number of nitrogens with zero attached hydrogens (tertiary/aromatic N) is 3. The number of thiophene rings is 1. The lowest BCUT2D eigenvalue weighted by Gasteiger charge is -2.20. The SMILES string of the molecule is CCOCCN(CC)C(=O)c1sc2nnccc2c1N. The molecule has 1 amide bonds. The standard InChI is InChI=1S/C13H18N4O2S/c1-3-17(7-8-19-4-2)13(18)11-10(14)9-5-6-15-16-12(9)20-11/h5-6H,3-4,7-8,14H2,1-2H3. The first-order chi connectivity index (χ1) is 9.69. The van der Waals surface area contributed by atoms with Gasteiger partial charge in [0.2, 0.25) is 0 Å². The first-order valence-electron chi connectivity index (χ1n) is 6.55. The molecule has 2 aromatic heterocycles. The minimum absolute atomic E-state index is 0.0762. The summed E-state index contributed by atoms with van der Waals surface area (Å²) in [5, 5.41) is 8.60. The monoisotopic (exact) mass is 294 g/mol. The number of aromatic nitrogens is 2. The summed E-state index contributed by atoms with van der Waals surface area (Å²) in [6.45, 7) is 6.22. The Morgan fingerprint density at radius 1 is 1.50 bits per heavy atom. The summed E-state index contributed by atoms with van der Waals surface area (Å²) in [5.74, 6) is -0.0762. The molecule has 2 heterocycles. The lowest BCUT2D eigenvalue weighted by Crippen LogP contribution is -2.33. The van der Waals surface area contributed by atoms with Crippen LogP contribution in [0.15, 0.2) is 12.3 Å². The molecular formula is C13H18N4O2S. The van der Waals surface area contributed by atoms with E-state index in [4.69, 9.17) is 10.5 Å². The molecule has 0 unspecified atom stereocenters. The van der Waals surface area contributed by atoms with Crippen molar-refractivity contribution in [1.29, 1.82) is 0 Å². The molecule has 0 fully saturated rings. The van der Waals surface area contributed by atoms with E-state index >= 15 is 0 Å². The maximum Gasteiger partial charge on any atom is 0.266 e. The first-order valence-corrected chi connectivity index (χ1v) is 7.37. The van der Waals surface area contributed by atoms with E-state index in [0.29, 0.717) is 41.7 Å². The van der Waals surface area contributed by atoms with Gasteiger partial charge in [0.25, 0.3) is 5.91 Å². The quantitative estimate of drug-likeness (QED) is 0.821. The van der Waals surface area contributed by atoms with Crippen molar-refractivity contribution in [3.8, 4) is 0 Å². The van der Waals surface area contributed by atoms with Gasteiger partial charge >= 0.3 is 0 Å². The van der Waals surface area contributed by atoms with Gasteiger partial charge in [-0.05, 0) is 19.9 Å². The molecule has 0 aliphatic rings. The number of likely N-dealkylation sites (N-methyl/N-ethyl adjacent to an activating group) is 1. The Kier molecular flexibility index (Phi) is 4.86. The molecule has 0 radical (unpaired) electrons. The summed E-state index contributed by atoms with van der Waals surface area (Å²) in [4.78, 5) is 15.5. The molecule has 0 saturated carbocycles. The average molecular weight is 294 g/mol.